The van der Waals surface area contributed by atoms with Crippen LogP contribution in [-0.2, 0) is 16.0 Å². The summed E-state index contributed by atoms with van der Waals surface area (Å²) in [4.78, 5) is 28.0. The molecule has 0 unspecified atom stereocenters. The van der Waals surface area contributed by atoms with Crippen molar-refractivity contribution in [3.63, 3.8) is 0 Å². The summed E-state index contributed by atoms with van der Waals surface area (Å²) in [6, 6.07) is 12.8. The van der Waals surface area contributed by atoms with Crippen LogP contribution in [0.25, 0.3) is 0 Å². The summed E-state index contributed by atoms with van der Waals surface area (Å²) in [6.45, 7) is 4.03. The summed E-state index contributed by atoms with van der Waals surface area (Å²) in [5.41, 5.74) is 2.94. The van der Waals surface area contributed by atoms with Gasteiger partial charge in [-0.05, 0) is 60.3 Å². The van der Waals surface area contributed by atoms with Gasteiger partial charge in [0, 0.05) is 55.4 Å². The van der Waals surface area contributed by atoms with Crippen LogP contribution in [0.2, 0.25) is 0 Å². The molecule has 0 atom stereocenters. The molecule has 158 valence electrons. The van der Waals surface area contributed by atoms with Crippen molar-refractivity contribution in [2.24, 2.45) is 0 Å². The van der Waals surface area contributed by atoms with Crippen LogP contribution in [0.4, 0.5) is 15.8 Å². The van der Waals surface area contributed by atoms with Gasteiger partial charge in [-0.25, -0.2) is 8.70 Å². The van der Waals surface area contributed by atoms with E-state index in [0.29, 0.717) is 6.54 Å². The average molecular weight is 430 g/mol. The molecule has 0 aromatic heterocycles. The van der Waals surface area contributed by atoms with Crippen LogP contribution in [0.3, 0.4) is 0 Å². The highest BCUT2D eigenvalue weighted by atomic mass is 32.2. The second-order valence-corrected chi connectivity index (χ2v) is 8.64. The van der Waals surface area contributed by atoms with Gasteiger partial charge in [-0.2, -0.15) is 0 Å². The van der Waals surface area contributed by atoms with Crippen molar-refractivity contribution in [1.82, 2.24) is 4.31 Å². The number of carboxylic acid groups (broad SMARTS) is 1. The van der Waals surface area contributed by atoms with Crippen LogP contribution in [0.1, 0.15) is 18.4 Å². The Labute approximate surface area is 179 Å². The van der Waals surface area contributed by atoms with Gasteiger partial charge in [-0.15, -0.1) is 0 Å². The summed E-state index contributed by atoms with van der Waals surface area (Å²) < 4.78 is 15.8. The number of aliphatic carboxylic acids is 1. The molecule has 2 heterocycles. The van der Waals surface area contributed by atoms with Crippen molar-refractivity contribution in [3.8, 4) is 0 Å². The fraction of sp³-hybridized carbons (Fsp3) is 0.364. The van der Waals surface area contributed by atoms with E-state index in [1.807, 2.05) is 18.2 Å². The van der Waals surface area contributed by atoms with Crippen LogP contribution in [0.15, 0.2) is 47.4 Å². The fourth-order valence-corrected chi connectivity index (χ4v) is 4.87. The first-order chi connectivity index (χ1) is 14.5. The van der Waals surface area contributed by atoms with Gasteiger partial charge in [-0.3, -0.25) is 9.59 Å². The van der Waals surface area contributed by atoms with E-state index in [9.17, 15) is 14.0 Å². The molecule has 2 aromatic rings. The molecule has 2 aromatic carbocycles. The molecular weight excluding hydrogens is 405 g/mol. The molecule has 6 nitrogen and oxygen atoms in total. The number of amides is 1. The first-order valence-electron chi connectivity index (χ1n) is 10.1. The van der Waals surface area contributed by atoms with Gasteiger partial charge < -0.3 is 14.9 Å². The van der Waals surface area contributed by atoms with E-state index in [1.54, 1.807) is 29.0 Å². The molecule has 2 aliphatic heterocycles. The minimum absolute atomic E-state index is 0.0286. The van der Waals surface area contributed by atoms with E-state index in [1.165, 1.54) is 6.07 Å². The van der Waals surface area contributed by atoms with E-state index in [0.717, 1.165) is 54.4 Å². The smallest absolute Gasteiger partial charge is 0.303 e. The molecule has 0 radical (unpaired) electrons. The number of nitrogens with zero attached hydrogens (tertiary/aromatic N) is 3. The Kier molecular flexibility index (Phi) is 6.24. The number of carboxylic acids is 1. The highest BCUT2D eigenvalue weighted by molar-refractivity contribution is 7.97. The predicted molar refractivity (Wildman–Crippen MR) is 115 cm³/mol. The number of rotatable bonds is 6. The molecule has 0 saturated carbocycles. The normalized spacial score (nSPS) is 16.6. The molecule has 0 bridgehead atoms. The lowest BCUT2D eigenvalue weighted by Gasteiger charge is -2.35. The third-order valence-corrected chi connectivity index (χ3v) is 6.53. The van der Waals surface area contributed by atoms with Crippen molar-refractivity contribution >= 4 is 35.2 Å². The summed E-state index contributed by atoms with van der Waals surface area (Å²) in [7, 11) is 0. The number of carbonyl (C=O) groups excluding carboxylic acids is 1. The highest BCUT2D eigenvalue weighted by Crippen LogP contribution is 2.34. The van der Waals surface area contributed by atoms with Gasteiger partial charge >= 0.3 is 5.97 Å². The van der Waals surface area contributed by atoms with Crippen molar-refractivity contribution in [3.05, 3.63) is 53.8 Å². The number of fused-ring (bicyclic) bond motifs is 1. The van der Waals surface area contributed by atoms with Gasteiger partial charge in [0.15, 0.2) is 0 Å². The van der Waals surface area contributed by atoms with E-state index >= 15 is 0 Å². The van der Waals surface area contributed by atoms with Gasteiger partial charge in [-0.1, -0.05) is 6.07 Å². The number of anilines is 2. The standard InChI is InChI=1S/C22H24FN3O3S/c23-17-2-1-3-18(15-17)24-10-12-25(13-11-24)30-19-4-5-20-16(14-19)8-9-26(20)21(27)6-7-22(28)29/h1-5,14-15H,6-13H2,(H,28,29). The molecule has 30 heavy (non-hydrogen) atoms. The van der Waals surface area contributed by atoms with Crippen LogP contribution in [0, 0.1) is 5.82 Å². The van der Waals surface area contributed by atoms with Crippen LogP contribution < -0.4 is 9.80 Å². The Hall–Kier alpha value is -2.58. The maximum Gasteiger partial charge on any atom is 0.303 e. The second kappa shape index (κ2) is 9.06. The summed E-state index contributed by atoms with van der Waals surface area (Å²) in [5, 5.41) is 8.79. The largest absolute Gasteiger partial charge is 0.481 e. The average Bonchev–Trinajstić information content (AvgIpc) is 3.16. The fourth-order valence-electron chi connectivity index (χ4n) is 3.90. The Balaban J connectivity index is 1.33. The highest BCUT2D eigenvalue weighted by Gasteiger charge is 2.26. The quantitative estimate of drug-likeness (QED) is 0.710. The molecule has 8 heteroatoms. The number of benzene rings is 2. The van der Waals surface area contributed by atoms with Crippen molar-refractivity contribution in [1.29, 1.82) is 0 Å². The van der Waals surface area contributed by atoms with Crippen molar-refractivity contribution in [2.45, 2.75) is 24.2 Å². The molecule has 1 saturated heterocycles. The summed E-state index contributed by atoms with van der Waals surface area (Å²) in [6.07, 6.45) is 0.678. The SMILES string of the molecule is O=C(O)CCC(=O)N1CCc2cc(SN3CCN(c4cccc(F)c4)CC3)ccc21. The zero-order valence-corrected chi connectivity index (χ0v) is 17.4. The Morgan fingerprint density at radius 1 is 1.00 bits per heavy atom. The second-order valence-electron chi connectivity index (χ2n) is 7.47. The number of halogens is 1. The summed E-state index contributed by atoms with van der Waals surface area (Å²) in [5.74, 6) is -1.30. The number of hydrogen-bond donors (Lipinski definition) is 1. The Morgan fingerprint density at radius 2 is 1.80 bits per heavy atom. The predicted octanol–water partition coefficient (Wildman–Crippen LogP) is 3.41. The molecule has 0 spiro atoms. The minimum Gasteiger partial charge on any atom is -0.481 e. The third-order valence-electron chi connectivity index (χ3n) is 5.45. The van der Waals surface area contributed by atoms with E-state index < -0.39 is 5.97 Å². The lowest BCUT2D eigenvalue weighted by Crippen LogP contribution is -2.43. The maximum absolute atomic E-state index is 13.5. The lowest BCUT2D eigenvalue weighted by atomic mass is 10.2. The maximum atomic E-state index is 13.5. The van der Waals surface area contributed by atoms with Crippen LogP contribution >= 0.6 is 11.9 Å². The number of piperazine rings is 1. The molecule has 0 aliphatic carbocycles. The van der Waals surface area contributed by atoms with Gasteiger partial charge in [0.2, 0.25) is 5.91 Å². The Morgan fingerprint density at radius 3 is 2.53 bits per heavy atom. The summed E-state index contributed by atoms with van der Waals surface area (Å²) >= 11 is 1.71. The lowest BCUT2D eigenvalue weighted by molar-refractivity contribution is -0.138. The number of carbonyl (C=O) groups is 2. The van der Waals surface area contributed by atoms with Crippen LogP contribution in [-0.4, -0.2) is 54.0 Å². The monoisotopic (exact) mass is 429 g/mol. The first kappa shape index (κ1) is 20.7. The molecule has 1 N–H and O–H groups in total. The zero-order valence-electron chi connectivity index (χ0n) is 16.6. The molecular formula is C22H24FN3O3S. The van der Waals surface area contributed by atoms with Gasteiger partial charge in [0.25, 0.3) is 0 Å². The van der Waals surface area contributed by atoms with E-state index in [2.05, 4.69) is 15.3 Å². The zero-order chi connectivity index (χ0) is 21.1. The third kappa shape index (κ3) is 4.76. The Bertz CT molecular complexity index is 947. The molecule has 1 amide bonds. The van der Waals surface area contributed by atoms with Crippen molar-refractivity contribution in [2.75, 3.05) is 42.5 Å². The topological polar surface area (TPSA) is 64.1 Å². The van der Waals surface area contributed by atoms with Crippen LogP contribution in [0.5, 0.6) is 0 Å². The van der Waals surface area contributed by atoms with E-state index in [-0.39, 0.29) is 24.6 Å². The first-order valence-corrected chi connectivity index (χ1v) is 10.9. The molecule has 1 fully saturated rings. The van der Waals surface area contributed by atoms with Crippen molar-refractivity contribution < 1.29 is 19.1 Å². The van der Waals surface area contributed by atoms with Gasteiger partial charge in [0.05, 0.1) is 6.42 Å². The van der Waals surface area contributed by atoms with Gasteiger partial charge in [0.1, 0.15) is 5.82 Å². The molecule has 4 rings (SSSR count). The minimum atomic E-state index is -0.952. The van der Waals surface area contributed by atoms with E-state index in [4.69, 9.17) is 5.11 Å². The molecule has 2 aliphatic rings. The number of hydrogen-bond acceptors (Lipinski definition) is 5.